The molecule has 0 spiro atoms. The van der Waals surface area contributed by atoms with Gasteiger partial charge in [0.05, 0.1) is 17.0 Å². The maximum Gasteiger partial charge on any atom is 0.255 e. The van der Waals surface area contributed by atoms with E-state index in [0.29, 0.717) is 24.4 Å². The number of amides is 1. The Morgan fingerprint density at radius 2 is 1.86 bits per heavy atom. The van der Waals surface area contributed by atoms with E-state index in [0.717, 1.165) is 22.0 Å². The molecule has 2 aromatic carbocycles. The average molecular weight is 394 g/mol. The van der Waals surface area contributed by atoms with E-state index in [1.807, 2.05) is 68.4 Å². The predicted molar refractivity (Wildman–Crippen MR) is 112 cm³/mol. The van der Waals surface area contributed by atoms with E-state index in [1.165, 1.54) is 0 Å². The molecule has 1 heterocycles. The van der Waals surface area contributed by atoms with Crippen LogP contribution in [0.25, 0.3) is 5.69 Å². The third kappa shape index (κ3) is 4.67. The molecule has 28 heavy (non-hydrogen) atoms. The van der Waals surface area contributed by atoms with Crippen molar-refractivity contribution in [3.8, 4) is 5.69 Å². The normalized spacial score (nSPS) is 10.6. The van der Waals surface area contributed by atoms with Crippen LogP contribution in [0.1, 0.15) is 30.0 Å². The van der Waals surface area contributed by atoms with Gasteiger partial charge < -0.3 is 4.90 Å². The molecule has 0 unspecified atom stereocenters. The SMILES string of the molecule is C=C(C)CN(CC)C(=O)c1ccccc1SCc1nnnn1-c1ccccc1. The quantitative estimate of drug-likeness (QED) is 0.428. The second-order valence-corrected chi connectivity index (χ2v) is 7.42. The third-order valence-corrected chi connectivity index (χ3v) is 5.21. The minimum atomic E-state index is 0.0104. The summed E-state index contributed by atoms with van der Waals surface area (Å²) in [5.41, 5.74) is 2.56. The smallest absolute Gasteiger partial charge is 0.255 e. The molecule has 0 aliphatic rings. The fraction of sp³-hybridized carbons (Fsp3) is 0.238. The second kappa shape index (κ2) is 9.32. The van der Waals surface area contributed by atoms with E-state index in [-0.39, 0.29) is 5.91 Å². The van der Waals surface area contributed by atoms with Crippen LogP contribution in [-0.4, -0.2) is 44.1 Å². The highest BCUT2D eigenvalue weighted by atomic mass is 32.2. The number of hydrogen-bond donors (Lipinski definition) is 0. The van der Waals surface area contributed by atoms with Crippen LogP contribution in [0.15, 0.2) is 71.6 Å². The van der Waals surface area contributed by atoms with Crippen molar-refractivity contribution in [1.82, 2.24) is 25.1 Å². The first-order chi connectivity index (χ1) is 13.6. The summed E-state index contributed by atoms with van der Waals surface area (Å²) in [4.78, 5) is 15.7. The summed E-state index contributed by atoms with van der Waals surface area (Å²) in [7, 11) is 0. The Morgan fingerprint density at radius 3 is 2.57 bits per heavy atom. The van der Waals surface area contributed by atoms with Crippen LogP contribution in [0.3, 0.4) is 0 Å². The molecule has 0 aliphatic carbocycles. The van der Waals surface area contributed by atoms with Crippen molar-refractivity contribution in [2.75, 3.05) is 13.1 Å². The van der Waals surface area contributed by atoms with Crippen LogP contribution in [0.2, 0.25) is 0 Å². The summed E-state index contributed by atoms with van der Waals surface area (Å²) in [6.07, 6.45) is 0. The number of rotatable bonds is 8. The largest absolute Gasteiger partial charge is 0.335 e. The van der Waals surface area contributed by atoms with Crippen molar-refractivity contribution >= 4 is 17.7 Å². The number of benzene rings is 2. The monoisotopic (exact) mass is 393 g/mol. The number of carbonyl (C=O) groups is 1. The Balaban J connectivity index is 1.79. The molecule has 0 bridgehead atoms. The van der Waals surface area contributed by atoms with Gasteiger partial charge in [-0.25, -0.2) is 0 Å². The summed E-state index contributed by atoms with van der Waals surface area (Å²) < 4.78 is 1.72. The zero-order valence-electron chi connectivity index (χ0n) is 16.1. The maximum atomic E-state index is 13.0. The molecule has 1 amide bonds. The molecular weight excluding hydrogens is 370 g/mol. The predicted octanol–water partition coefficient (Wildman–Crippen LogP) is 3.99. The van der Waals surface area contributed by atoms with Crippen LogP contribution >= 0.6 is 11.8 Å². The van der Waals surface area contributed by atoms with Gasteiger partial charge in [-0.15, -0.1) is 16.9 Å². The van der Waals surface area contributed by atoms with Crippen LogP contribution in [-0.2, 0) is 5.75 Å². The van der Waals surface area contributed by atoms with Gasteiger partial charge in [0.15, 0.2) is 5.82 Å². The number of thioether (sulfide) groups is 1. The zero-order valence-corrected chi connectivity index (χ0v) is 16.9. The number of likely N-dealkylation sites (N-methyl/N-ethyl adjacent to an activating group) is 1. The highest BCUT2D eigenvalue weighted by Crippen LogP contribution is 2.27. The van der Waals surface area contributed by atoms with Crippen molar-refractivity contribution in [3.05, 3.63) is 78.1 Å². The molecule has 3 rings (SSSR count). The molecule has 0 saturated heterocycles. The lowest BCUT2D eigenvalue weighted by molar-refractivity contribution is 0.0775. The van der Waals surface area contributed by atoms with Gasteiger partial charge in [0.25, 0.3) is 5.91 Å². The maximum absolute atomic E-state index is 13.0. The van der Waals surface area contributed by atoms with Crippen molar-refractivity contribution < 1.29 is 4.79 Å². The van der Waals surface area contributed by atoms with Gasteiger partial charge >= 0.3 is 0 Å². The average Bonchev–Trinajstić information content (AvgIpc) is 3.19. The van der Waals surface area contributed by atoms with Crippen molar-refractivity contribution in [3.63, 3.8) is 0 Å². The fourth-order valence-corrected chi connectivity index (χ4v) is 3.75. The molecule has 0 radical (unpaired) electrons. The molecule has 1 aromatic heterocycles. The topological polar surface area (TPSA) is 63.9 Å². The van der Waals surface area contributed by atoms with Gasteiger partial charge in [0.2, 0.25) is 0 Å². The number of tetrazole rings is 1. The molecule has 0 fully saturated rings. The molecule has 3 aromatic rings. The van der Waals surface area contributed by atoms with Crippen LogP contribution < -0.4 is 0 Å². The molecule has 144 valence electrons. The summed E-state index contributed by atoms with van der Waals surface area (Å²) in [6, 6.07) is 17.4. The Bertz CT molecular complexity index is 954. The number of hydrogen-bond acceptors (Lipinski definition) is 5. The third-order valence-electron chi connectivity index (χ3n) is 4.14. The van der Waals surface area contributed by atoms with Crippen LogP contribution in [0.4, 0.5) is 0 Å². The lowest BCUT2D eigenvalue weighted by Crippen LogP contribution is -2.32. The standard InChI is InChI=1S/C21H23N5OS/c1-4-25(14-16(2)3)21(27)18-12-8-9-13-19(18)28-15-20-22-23-24-26(20)17-10-6-5-7-11-17/h5-13H,2,4,14-15H2,1,3H3. The molecular formula is C21H23N5OS. The van der Waals surface area contributed by atoms with Crippen molar-refractivity contribution in [2.45, 2.75) is 24.5 Å². The number of aromatic nitrogens is 4. The van der Waals surface area contributed by atoms with E-state index in [4.69, 9.17) is 0 Å². The zero-order chi connectivity index (χ0) is 19.9. The Labute approximate surface area is 169 Å². The molecule has 0 atom stereocenters. The lowest BCUT2D eigenvalue weighted by atomic mass is 10.2. The lowest BCUT2D eigenvalue weighted by Gasteiger charge is -2.22. The summed E-state index contributed by atoms with van der Waals surface area (Å²) in [5, 5.41) is 12.0. The van der Waals surface area contributed by atoms with Gasteiger partial charge in [0, 0.05) is 18.0 Å². The van der Waals surface area contributed by atoms with Crippen LogP contribution in [0, 0.1) is 0 Å². The summed E-state index contributed by atoms with van der Waals surface area (Å²) in [5.74, 6) is 1.29. The second-order valence-electron chi connectivity index (χ2n) is 6.40. The minimum Gasteiger partial charge on any atom is -0.335 e. The van der Waals surface area contributed by atoms with Gasteiger partial charge in [-0.05, 0) is 48.5 Å². The fourth-order valence-electron chi connectivity index (χ4n) is 2.80. The number of carbonyl (C=O) groups excluding carboxylic acids is 1. The van der Waals surface area contributed by atoms with Gasteiger partial charge in [-0.3, -0.25) is 4.79 Å². The molecule has 6 nitrogen and oxygen atoms in total. The molecule has 7 heteroatoms. The van der Waals surface area contributed by atoms with E-state index >= 15 is 0 Å². The molecule has 0 N–H and O–H groups in total. The molecule has 0 aliphatic heterocycles. The minimum absolute atomic E-state index is 0.0104. The molecule has 0 saturated carbocycles. The van der Waals surface area contributed by atoms with E-state index in [2.05, 4.69) is 22.1 Å². The Morgan fingerprint density at radius 1 is 1.14 bits per heavy atom. The highest BCUT2D eigenvalue weighted by Gasteiger charge is 2.18. The highest BCUT2D eigenvalue weighted by molar-refractivity contribution is 7.98. The number of nitrogens with zero attached hydrogens (tertiary/aromatic N) is 5. The summed E-state index contributed by atoms with van der Waals surface area (Å²) >= 11 is 1.56. The first kappa shape index (κ1) is 19.8. The van der Waals surface area contributed by atoms with E-state index in [1.54, 1.807) is 21.3 Å². The summed E-state index contributed by atoms with van der Waals surface area (Å²) in [6.45, 7) is 9.03. The van der Waals surface area contributed by atoms with Gasteiger partial charge in [-0.1, -0.05) is 42.5 Å². The van der Waals surface area contributed by atoms with E-state index < -0.39 is 0 Å². The van der Waals surface area contributed by atoms with Gasteiger partial charge in [-0.2, -0.15) is 4.68 Å². The van der Waals surface area contributed by atoms with Gasteiger partial charge in [0.1, 0.15) is 0 Å². The number of para-hydroxylation sites is 1. The Hall–Kier alpha value is -2.93. The van der Waals surface area contributed by atoms with E-state index in [9.17, 15) is 4.79 Å². The first-order valence-corrected chi connectivity index (χ1v) is 10.1. The van der Waals surface area contributed by atoms with Crippen LogP contribution in [0.5, 0.6) is 0 Å². The first-order valence-electron chi connectivity index (χ1n) is 9.08. The Kier molecular flexibility index (Phi) is 6.60. The van der Waals surface area contributed by atoms with Crippen molar-refractivity contribution in [2.24, 2.45) is 0 Å². The van der Waals surface area contributed by atoms with Crippen molar-refractivity contribution in [1.29, 1.82) is 0 Å².